The second-order valence-corrected chi connectivity index (χ2v) is 9.49. The lowest BCUT2D eigenvalue weighted by atomic mass is 10.1. The molecule has 3 aromatic carbocycles. The summed E-state index contributed by atoms with van der Waals surface area (Å²) in [5.41, 5.74) is 2.44. The number of benzene rings is 3. The molecule has 0 radical (unpaired) electrons. The number of aromatic carboxylic acids is 1. The van der Waals surface area contributed by atoms with Crippen LogP contribution >= 0.6 is 23.4 Å². The zero-order valence-corrected chi connectivity index (χ0v) is 21.7. The number of carboxylic acid groups (broad SMARTS) is 1. The molecule has 1 N–H and O–H groups in total. The number of carboxylic acids is 1. The third-order valence-electron chi connectivity index (χ3n) is 5.55. The Morgan fingerprint density at radius 2 is 1.87 bits per heavy atom. The van der Waals surface area contributed by atoms with Crippen LogP contribution in [-0.2, 0) is 17.9 Å². The largest absolute Gasteiger partial charge is 0.490 e. The van der Waals surface area contributed by atoms with Crippen LogP contribution in [0.2, 0.25) is 5.02 Å². The molecule has 1 saturated heterocycles. The van der Waals surface area contributed by atoms with Crippen LogP contribution < -0.4 is 9.47 Å². The van der Waals surface area contributed by atoms with E-state index in [0.29, 0.717) is 34.8 Å². The van der Waals surface area contributed by atoms with Gasteiger partial charge in [0.05, 0.1) is 40.3 Å². The molecule has 0 spiro atoms. The van der Waals surface area contributed by atoms with Gasteiger partial charge >= 0.3 is 5.97 Å². The fourth-order valence-electron chi connectivity index (χ4n) is 3.70. The van der Waals surface area contributed by atoms with Crippen molar-refractivity contribution in [1.82, 2.24) is 4.90 Å². The molecule has 0 aliphatic carbocycles. The fraction of sp³-hybridized carbons (Fsp3) is 0.143. The Labute approximate surface area is 228 Å². The summed E-state index contributed by atoms with van der Waals surface area (Å²) < 4.78 is 11.6. The average Bonchev–Trinajstić information content (AvgIpc) is 3.16. The Morgan fingerprint density at radius 3 is 2.55 bits per heavy atom. The van der Waals surface area contributed by atoms with Crippen molar-refractivity contribution in [3.05, 3.63) is 98.4 Å². The maximum atomic E-state index is 13.0. The number of amides is 2. The zero-order chi connectivity index (χ0) is 27.2. The topological polar surface area (TPSA) is 117 Å². The van der Waals surface area contributed by atoms with Gasteiger partial charge in [-0.1, -0.05) is 41.9 Å². The number of imide groups is 1. The summed E-state index contributed by atoms with van der Waals surface area (Å²) >= 11 is 7.32. The van der Waals surface area contributed by atoms with Crippen LogP contribution in [0.25, 0.3) is 6.08 Å². The van der Waals surface area contributed by atoms with Crippen molar-refractivity contribution in [3.63, 3.8) is 0 Å². The summed E-state index contributed by atoms with van der Waals surface area (Å²) in [4.78, 5) is 38.0. The Bertz CT molecular complexity index is 1480. The number of halogens is 1. The normalized spacial score (nSPS) is 14.0. The van der Waals surface area contributed by atoms with Gasteiger partial charge in [-0.25, -0.2) is 4.79 Å². The lowest BCUT2D eigenvalue weighted by Gasteiger charge is -2.15. The maximum absolute atomic E-state index is 13.0. The lowest BCUT2D eigenvalue weighted by molar-refractivity contribution is -0.123. The molecule has 8 nitrogen and oxygen atoms in total. The molecule has 2 amide bonds. The first-order valence-corrected chi connectivity index (χ1v) is 12.6. The Balaban J connectivity index is 1.54. The molecule has 10 heteroatoms. The molecule has 0 aromatic heterocycles. The molecule has 0 atom stereocenters. The molecular formula is C28H21ClN2O6S. The second kappa shape index (κ2) is 11.9. The number of rotatable bonds is 9. The number of nitrogens with zero attached hydrogens (tertiary/aromatic N) is 2. The van der Waals surface area contributed by atoms with E-state index in [1.54, 1.807) is 61.5 Å². The van der Waals surface area contributed by atoms with Gasteiger partial charge in [-0.3, -0.25) is 14.5 Å². The summed E-state index contributed by atoms with van der Waals surface area (Å²) in [5, 5.41) is 18.2. The number of ether oxygens (including phenoxy) is 2. The van der Waals surface area contributed by atoms with E-state index in [2.05, 4.69) is 6.07 Å². The second-order valence-electron chi connectivity index (χ2n) is 8.09. The van der Waals surface area contributed by atoms with E-state index in [1.807, 2.05) is 0 Å². The molecule has 0 unspecified atom stereocenters. The summed E-state index contributed by atoms with van der Waals surface area (Å²) in [6, 6.07) is 18.4. The van der Waals surface area contributed by atoms with E-state index in [9.17, 15) is 19.6 Å². The fourth-order valence-corrected chi connectivity index (χ4v) is 4.81. The molecule has 0 bridgehead atoms. The average molecular weight is 549 g/mol. The standard InChI is InChI=1S/C28H21ClN2O6S/c1-2-36-23-12-18(11-22(29)25(23)37-16-17-7-9-19(10-8-17)27(33)34)13-24-26(32)31(28(35)38-24)15-21-6-4-3-5-20(21)14-30/h3-13H,2,15-16H2,1H3,(H,33,34)/b24-13+. The zero-order valence-electron chi connectivity index (χ0n) is 20.1. The van der Waals surface area contributed by atoms with Gasteiger partial charge in [-0.2, -0.15) is 5.26 Å². The first-order valence-electron chi connectivity index (χ1n) is 11.5. The number of carbonyl (C=O) groups excluding carboxylic acids is 2. The number of thioether (sulfide) groups is 1. The number of hydrogen-bond acceptors (Lipinski definition) is 7. The molecule has 4 rings (SSSR count). The van der Waals surface area contributed by atoms with Crippen LogP contribution in [0.5, 0.6) is 11.5 Å². The minimum Gasteiger partial charge on any atom is -0.490 e. The molecule has 1 heterocycles. The Kier molecular flexibility index (Phi) is 8.36. The third kappa shape index (κ3) is 5.99. The van der Waals surface area contributed by atoms with Gasteiger partial charge < -0.3 is 14.6 Å². The van der Waals surface area contributed by atoms with E-state index in [1.165, 1.54) is 12.1 Å². The lowest BCUT2D eigenvalue weighted by Crippen LogP contribution is -2.27. The monoisotopic (exact) mass is 548 g/mol. The highest BCUT2D eigenvalue weighted by Crippen LogP contribution is 2.40. The first kappa shape index (κ1) is 26.8. The quantitative estimate of drug-likeness (QED) is 0.318. The van der Waals surface area contributed by atoms with Gasteiger partial charge in [0.1, 0.15) is 6.61 Å². The first-order chi connectivity index (χ1) is 18.3. The van der Waals surface area contributed by atoms with Crippen LogP contribution in [-0.4, -0.2) is 33.7 Å². The Hall–Kier alpha value is -4.26. The highest BCUT2D eigenvalue weighted by molar-refractivity contribution is 8.18. The van der Waals surface area contributed by atoms with Gasteiger partial charge in [-0.05, 0) is 71.8 Å². The molecule has 0 saturated carbocycles. The van der Waals surface area contributed by atoms with E-state index >= 15 is 0 Å². The molecule has 3 aromatic rings. The Morgan fingerprint density at radius 1 is 1.13 bits per heavy atom. The molecule has 38 heavy (non-hydrogen) atoms. The van der Waals surface area contributed by atoms with E-state index in [-0.39, 0.29) is 28.6 Å². The van der Waals surface area contributed by atoms with Crippen molar-refractivity contribution >= 4 is 46.6 Å². The van der Waals surface area contributed by atoms with Crippen LogP contribution in [0.3, 0.4) is 0 Å². The number of nitriles is 1. The molecular weight excluding hydrogens is 528 g/mol. The SMILES string of the molecule is CCOc1cc(/C=C2/SC(=O)N(Cc3ccccc3C#N)C2=O)cc(Cl)c1OCc1ccc(C(=O)O)cc1. The van der Waals surface area contributed by atoms with Gasteiger partial charge in [-0.15, -0.1) is 0 Å². The minimum absolute atomic E-state index is 0.00306. The van der Waals surface area contributed by atoms with Crippen molar-refractivity contribution in [1.29, 1.82) is 5.26 Å². The van der Waals surface area contributed by atoms with Crippen molar-refractivity contribution in [2.75, 3.05) is 6.61 Å². The van der Waals surface area contributed by atoms with E-state index < -0.39 is 17.1 Å². The van der Waals surface area contributed by atoms with Crippen LogP contribution in [0, 0.1) is 11.3 Å². The smallest absolute Gasteiger partial charge is 0.335 e. The highest BCUT2D eigenvalue weighted by Gasteiger charge is 2.35. The predicted molar refractivity (Wildman–Crippen MR) is 143 cm³/mol. The summed E-state index contributed by atoms with van der Waals surface area (Å²) in [6.07, 6.45) is 1.56. The van der Waals surface area contributed by atoms with Crippen molar-refractivity contribution in [3.8, 4) is 17.6 Å². The van der Waals surface area contributed by atoms with E-state index in [4.69, 9.17) is 26.2 Å². The minimum atomic E-state index is -1.01. The van der Waals surface area contributed by atoms with Crippen molar-refractivity contribution in [2.24, 2.45) is 0 Å². The maximum Gasteiger partial charge on any atom is 0.335 e. The number of carbonyl (C=O) groups is 3. The summed E-state index contributed by atoms with van der Waals surface area (Å²) in [6.45, 7) is 2.26. The van der Waals surface area contributed by atoms with Crippen LogP contribution in [0.4, 0.5) is 4.79 Å². The van der Waals surface area contributed by atoms with Crippen LogP contribution in [0.15, 0.2) is 65.6 Å². The molecule has 192 valence electrons. The third-order valence-corrected chi connectivity index (χ3v) is 6.74. The van der Waals surface area contributed by atoms with Gasteiger partial charge in [0, 0.05) is 0 Å². The number of hydrogen-bond donors (Lipinski definition) is 1. The van der Waals surface area contributed by atoms with E-state index in [0.717, 1.165) is 22.2 Å². The highest BCUT2D eigenvalue weighted by atomic mass is 35.5. The molecule has 1 fully saturated rings. The van der Waals surface area contributed by atoms with Crippen molar-refractivity contribution in [2.45, 2.75) is 20.1 Å². The predicted octanol–water partition coefficient (Wildman–Crippen LogP) is 6.12. The van der Waals surface area contributed by atoms with Crippen LogP contribution in [0.1, 0.15) is 39.5 Å². The van der Waals surface area contributed by atoms with Gasteiger partial charge in [0.25, 0.3) is 11.1 Å². The molecule has 1 aliphatic heterocycles. The summed E-state index contributed by atoms with van der Waals surface area (Å²) in [5.74, 6) is -0.823. The molecule has 1 aliphatic rings. The van der Waals surface area contributed by atoms with Crippen molar-refractivity contribution < 1.29 is 29.0 Å². The summed E-state index contributed by atoms with van der Waals surface area (Å²) in [7, 11) is 0. The van der Waals surface area contributed by atoms with Gasteiger partial charge in [0.2, 0.25) is 0 Å². The van der Waals surface area contributed by atoms with Gasteiger partial charge in [0.15, 0.2) is 11.5 Å².